The number of carboxylic acids is 1. The van der Waals surface area contributed by atoms with Gasteiger partial charge in [-0.15, -0.1) is 0 Å². The van der Waals surface area contributed by atoms with E-state index < -0.39 is 18.0 Å². The average molecular weight is 280 g/mol. The number of hydrogen-bond donors (Lipinski definition) is 2. The summed E-state index contributed by atoms with van der Waals surface area (Å²) < 4.78 is 10.1. The second kappa shape index (κ2) is 6.25. The van der Waals surface area contributed by atoms with Crippen molar-refractivity contribution >= 4 is 17.7 Å². The summed E-state index contributed by atoms with van der Waals surface area (Å²) in [5.74, 6) is -0.396. The maximum atomic E-state index is 12.1. The van der Waals surface area contributed by atoms with Crippen LogP contribution in [-0.2, 0) is 9.53 Å². The number of benzene rings is 1. The fraction of sp³-hybridized carbons (Fsp3) is 0.385. The third-order valence-electron chi connectivity index (χ3n) is 3.02. The van der Waals surface area contributed by atoms with Gasteiger partial charge in [0.15, 0.2) is 6.04 Å². The number of nitrogens with zero attached hydrogens (tertiary/aromatic N) is 1. The maximum absolute atomic E-state index is 12.1. The molecule has 2 rings (SSSR count). The van der Waals surface area contributed by atoms with Gasteiger partial charge in [-0.25, -0.2) is 9.59 Å². The van der Waals surface area contributed by atoms with Gasteiger partial charge in [-0.3, -0.25) is 0 Å². The molecule has 1 atom stereocenters. The lowest BCUT2D eigenvalue weighted by atomic mass is 10.2. The molecule has 1 unspecified atom stereocenters. The molecule has 2 amide bonds. The van der Waals surface area contributed by atoms with Crippen LogP contribution >= 0.6 is 0 Å². The third kappa shape index (κ3) is 3.18. The van der Waals surface area contributed by atoms with Crippen molar-refractivity contribution in [1.82, 2.24) is 4.90 Å². The van der Waals surface area contributed by atoms with Crippen LogP contribution in [0.4, 0.5) is 10.5 Å². The largest absolute Gasteiger partial charge is 0.497 e. The number of urea groups is 1. The van der Waals surface area contributed by atoms with E-state index in [9.17, 15) is 9.59 Å². The zero-order valence-corrected chi connectivity index (χ0v) is 11.0. The molecule has 0 aliphatic carbocycles. The van der Waals surface area contributed by atoms with Gasteiger partial charge in [-0.1, -0.05) is 0 Å². The van der Waals surface area contributed by atoms with E-state index in [0.717, 1.165) is 0 Å². The van der Waals surface area contributed by atoms with Crippen LogP contribution in [-0.4, -0.2) is 54.9 Å². The topological polar surface area (TPSA) is 88.1 Å². The Hall–Kier alpha value is -2.28. The molecule has 20 heavy (non-hydrogen) atoms. The Labute approximate surface area is 116 Å². The summed E-state index contributed by atoms with van der Waals surface area (Å²) in [5.41, 5.74) is 0.575. The monoisotopic (exact) mass is 280 g/mol. The molecule has 1 heterocycles. The first-order chi connectivity index (χ1) is 9.61. The molecule has 1 fully saturated rings. The minimum Gasteiger partial charge on any atom is -0.497 e. The van der Waals surface area contributed by atoms with E-state index in [-0.39, 0.29) is 13.2 Å². The molecular weight excluding hydrogens is 264 g/mol. The van der Waals surface area contributed by atoms with Crippen molar-refractivity contribution in [2.45, 2.75) is 6.04 Å². The Morgan fingerprint density at radius 3 is 2.70 bits per heavy atom. The fourth-order valence-electron chi connectivity index (χ4n) is 1.92. The first-order valence-electron chi connectivity index (χ1n) is 6.14. The van der Waals surface area contributed by atoms with Crippen molar-refractivity contribution in [2.75, 3.05) is 32.2 Å². The van der Waals surface area contributed by atoms with Gasteiger partial charge in [0.2, 0.25) is 0 Å². The number of rotatable bonds is 3. The molecule has 1 aromatic rings. The highest BCUT2D eigenvalue weighted by atomic mass is 16.5. The third-order valence-corrected chi connectivity index (χ3v) is 3.02. The number of hydrogen-bond acceptors (Lipinski definition) is 4. The van der Waals surface area contributed by atoms with Crippen LogP contribution in [0.5, 0.6) is 5.75 Å². The second-order valence-electron chi connectivity index (χ2n) is 4.28. The van der Waals surface area contributed by atoms with Crippen molar-refractivity contribution in [1.29, 1.82) is 0 Å². The molecule has 0 radical (unpaired) electrons. The van der Waals surface area contributed by atoms with E-state index in [0.29, 0.717) is 18.0 Å². The number of morpholine rings is 1. The molecule has 1 aromatic carbocycles. The number of amides is 2. The summed E-state index contributed by atoms with van der Waals surface area (Å²) >= 11 is 0. The SMILES string of the molecule is COc1ccc(NC(=O)N2CCOCC2C(=O)O)cc1. The number of ether oxygens (including phenoxy) is 2. The van der Waals surface area contributed by atoms with Gasteiger partial charge < -0.3 is 24.8 Å². The molecule has 2 N–H and O–H groups in total. The van der Waals surface area contributed by atoms with E-state index in [4.69, 9.17) is 14.6 Å². The number of methoxy groups -OCH3 is 1. The van der Waals surface area contributed by atoms with Gasteiger partial charge in [0, 0.05) is 12.2 Å². The van der Waals surface area contributed by atoms with Gasteiger partial charge in [-0.2, -0.15) is 0 Å². The lowest BCUT2D eigenvalue weighted by Crippen LogP contribution is -2.53. The molecule has 1 saturated heterocycles. The Kier molecular flexibility index (Phi) is 4.41. The number of anilines is 1. The predicted octanol–water partition coefficient (Wildman–Crippen LogP) is 1.01. The minimum atomic E-state index is -1.07. The molecule has 0 saturated carbocycles. The zero-order valence-electron chi connectivity index (χ0n) is 11.0. The highest BCUT2D eigenvalue weighted by Crippen LogP contribution is 2.16. The standard InChI is InChI=1S/C13H16N2O5/c1-19-10-4-2-9(3-5-10)14-13(18)15-6-7-20-8-11(15)12(16)17/h2-5,11H,6-8H2,1H3,(H,14,18)(H,16,17). The number of carbonyl (C=O) groups is 2. The van der Waals surface area contributed by atoms with Gasteiger partial charge >= 0.3 is 12.0 Å². The molecule has 0 spiro atoms. The van der Waals surface area contributed by atoms with E-state index in [1.807, 2.05) is 0 Å². The van der Waals surface area contributed by atoms with E-state index in [2.05, 4.69) is 5.32 Å². The number of carbonyl (C=O) groups excluding carboxylic acids is 1. The molecule has 1 aliphatic rings. The summed E-state index contributed by atoms with van der Waals surface area (Å²) in [6.45, 7) is 0.587. The molecule has 7 nitrogen and oxygen atoms in total. The van der Waals surface area contributed by atoms with Crippen LogP contribution in [0, 0.1) is 0 Å². The van der Waals surface area contributed by atoms with Gasteiger partial charge in [0.25, 0.3) is 0 Å². The Morgan fingerprint density at radius 1 is 1.40 bits per heavy atom. The van der Waals surface area contributed by atoms with Crippen molar-refractivity contribution in [2.24, 2.45) is 0 Å². The molecule has 0 aromatic heterocycles. The molecule has 0 bridgehead atoms. The van der Waals surface area contributed by atoms with Crippen LogP contribution in [0.15, 0.2) is 24.3 Å². The van der Waals surface area contributed by atoms with Crippen LogP contribution in [0.25, 0.3) is 0 Å². The van der Waals surface area contributed by atoms with Gasteiger partial charge in [0.05, 0.1) is 20.3 Å². The Bertz CT molecular complexity index is 488. The Balaban J connectivity index is 2.03. The van der Waals surface area contributed by atoms with Gasteiger partial charge in [-0.05, 0) is 24.3 Å². The first-order valence-corrected chi connectivity index (χ1v) is 6.14. The zero-order chi connectivity index (χ0) is 14.5. The molecule has 1 aliphatic heterocycles. The highest BCUT2D eigenvalue weighted by molar-refractivity contribution is 5.92. The number of nitrogens with one attached hydrogen (secondary N) is 1. The van der Waals surface area contributed by atoms with Crippen molar-refractivity contribution in [3.8, 4) is 5.75 Å². The van der Waals surface area contributed by atoms with Crippen LogP contribution in [0.2, 0.25) is 0 Å². The summed E-state index contributed by atoms with van der Waals surface area (Å²) in [4.78, 5) is 24.4. The van der Waals surface area contributed by atoms with Crippen molar-refractivity contribution in [3.05, 3.63) is 24.3 Å². The van der Waals surface area contributed by atoms with Gasteiger partial charge in [0.1, 0.15) is 5.75 Å². The quantitative estimate of drug-likeness (QED) is 0.862. The molecule has 108 valence electrons. The summed E-state index contributed by atoms with van der Waals surface area (Å²) in [6, 6.07) is 5.39. The Morgan fingerprint density at radius 2 is 2.10 bits per heavy atom. The van der Waals surface area contributed by atoms with E-state index >= 15 is 0 Å². The molecular formula is C13H16N2O5. The van der Waals surface area contributed by atoms with Crippen molar-refractivity contribution in [3.63, 3.8) is 0 Å². The van der Waals surface area contributed by atoms with Crippen molar-refractivity contribution < 1.29 is 24.2 Å². The van der Waals surface area contributed by atoms with E-state index in [1.54, 1.807) is 31.4 Å². The predicted molar refractivity (Wildman–Crippen MR) is 71.0 cm³/mol. The smallest absolute Gasteiger partial charge is 0.328 e. The lowest BCUT2D eigenvalue weighted by Gasteiger charge is -2.32. The van der Waals surface area contributed by atoms with Crippen LogP contribution in [0.3, 0.4) is 0 Å². The normalized spacial score (nSPS) is 18.4. The molecule has 7 heteroatoms. The van der Waals surface area contributed by atoms with Crippen LogP contribution in [0.1, 0.15) is 0 Å². The summed E-state index contributed by atoms with van der Waals surface area (Å²) in [6.07, 6.45) is 0. The fourth-order valence-corrected chi connectivity index (χ4v) is 1.92. The second-order valence-corrected chi connectivity index (χ2v) is 4.28. The summed E-state index contributed by atoms with van der Waals surface area (Å²) in [5, 5.41) is 11.7. The summed E-state index contributed by atoms with van der Waals surface area (Å²) in [7, 11) is 1.55. The number of aliphatic carboxylic acids is 1. The average Bonchev–Trinajstić information content (AvgIpc) is 2.48. The minimum absolute atomic E-state index is 0.00532. The number of carboxylic acid groups (broad SMARTS) is 1. The lowest BCUT2D eigenvalue weighted by molar-refractivity contribution is -0.147. The maximum Gasteiger partial charge on any atom is 0.328 e. The highest BCUT2D eigenvalue weighted by Gasteiger charge is 2.32. The van der Waals surface area contributed by atoms with E-state index in [1.165, 1.54) is 4.90 Å². The first kappa shape index (κ1) is 14.1. The van der Waals surface area contributed by atoms with Crippen LogP contribution < -0.4 is 10.1 Å².